The van der Waals surface area contributed by atoms with Gasteiger partial charge in [0.15, 0.2) is 0 Å². The Balaban J connectivity index is 1.53. The first-order valence-corrected chi connectivity index (χ1v) is 8.72. The Morgan fingerprint density at radius 1 is 1.18 bits per heavy atom. The van der Waals surface area contributed by atoms with Crippen LogP contribution >= 0.6 is 0 Å². The third-order valence-corrected chi connectivity index (χ3v) is 4.06. The van der Waals surface area contributed by atoms with Gasteiger partial charge in [-0.3, -0.25) is 4.79 Å². The number of amides is 1. The van der Waals surface area contributed by atoms with E-state index in [0.717, 1.165) is 12.8 Å². The van der Waals surface area contributed by atoms with Gasteiger partial charge in [-0.2, -0.15) is 0 Å². The van der Waals surface area contributed by atoms with Crippen LogP contribution in [0.2, 0.25) is 0 Å². The van der Waals surface area contributed by atoms with Gasteiger partial charge < -0.3 is 19.5 Å². The molecule has 0 bridgehead atoms. The molecule has 0 unspecified atom stereocenters. The lowest BCUT2D eigenvalue weighted by molar-refractivity contribution is -0.274. The Morgan fingerprint density at radius 2 is 1.89 bits per heavy atom. The molecule has 0 atom stereocenters. The number of carbonyl (C=O) groups is 1. The maximum atomic E-state index is 12.3. The molecule has 0 radical (unpaired) electrons. The first-order valence-electron chi connectivity index (χ1n) is 8.72. The van der Waals surface area contributed by atoms with E-state index in [2.05, 4.69) is 15.0 Å². The predicted molar refractivity (Wildman–Crippen MR) is 93.0 cm³/mol. The lowest BCUT2D eigenvalue weighted by Crippen LogP contribution is -2.26. The number of benzene rings is 1. The number of aromatic nitrogens is 1. The molecule has 2 heterocycles. The van der Waals surface area contributed by atoms with Crippen LogP contribution < -0.4 is 14.8 Å². The first-order chi connectivity index (χ1) is 13.4. The quantitative estimate of drug-likeness (QED) is 0.810. The summed E-state index contributed by atoms with van der Waals surface area (Å²) in [5.41, 5.74) is 1.02. The van der Waals surface area contributed by atoms with Crippen LogP contribution in [0.15, 0.2) is 42.6 Å². The highest BCUT2D eigenvalue weighted by Gasteiger charge is 2.30. The van der Waals surface area contributed by atoms with Crippen molar-refractivity contribution in [1.29, 1.82) is 0 Å². The Hall–Kier alpha value is -2.81. The highest BCUT2D eigenvalue weighted by molar-refractivity contribution is 5.94. The van der Waals surface area contributed by atoms with Crippen LogP contribution in [0.1, 0.15) is 28.8 Å². The molecule has 9 heteroatoms. The van der Waals surface area contributed by atoms with Gasteiger partial charge in [0.05, 0.1) is 13.2 Å². The summed E-state index contributed by atoms with van der Waals surface area (Å²) >= 11 is 0. The molecule has 6 nitrogen and oxygen atoms in total. The molecule has 1 aromatic heterocycles. The minimum Gasteiger partial charge on any atom is -0.474 e. The van der Waals surface area contributed by atoms with E-state index in [0.29, 0.717) is 30.2 Å². The van der Waals surface area contributed by atoms with Crippen molar-refractivity contribution in [3.63, 3.8) is 0 Å². The number of halogens is 3. The van der Waals surface area contributed by atoms with Crippen molar-refractivity contribution in [3.8, 4) is 11.6 Å². The maximum Gasteiger partial charge on any atom is 0.573 e. The van der Waals surface area contributed by atoms with Gasteiger partial charge in [0.25, 0.3) is 5.91 Å². The average molecular weight is 396 g/mol. The second-order valence-electron chi connectivity index (χ2n) is 6.19. The summed E-state index contributed by atoms with van der Waals surface area (Å²) in [7, 11) is 0. The van der Waals surface area contributed by atoms with E-state index in [1.54, 1.807) is 12.1 Å². The van der Waals surface area contributed by atoms with E-state index < -0.39 is 6.36 Å². The number of alkyl halides is 3. The number of hydrogen-bond donors (Lipinski definition) is 1. The largest absolute Gasteiger partial charge is 0.573 e. The van der Waals surface area contributed by atoms with Crippen molar-refractivity contribution in [3.05, 3.63) is 53.7 Å². The number of nitrogens with one attached hydrogen (secondary N) is 1. The highest BCUT2D eigenvalue weighted by Crippen LogP contribution is 2.23. The number of hydrogen-bond acceptors (Lipinski definition) is 5. The fraction of sp³-hybridized carbons (Fsp3) is 0.368. The molecule has 1 aliphatic heterocycles. The molecular weight excluding hydrogens is 377 g/mol. The summed E-state index contributed by atoms with van der Waals surface area (Å²) in [6, 6.07) is 8.42. The Bertz CT molecular complexity index is 791. The maximum absolute atomic E-state index is 12.3. The SMILES string of the molecule is O=C(NCc1ccc(OC(F)(F)F)cc1)c1ccnc(OC2CCOCC2)c1. The van der Waals surface area contributed by atoms with Crippen molar-refractivity contribution in [1.82, 2.24) is 10.3 Å². The number of rotatable bonds is 6. The first kappa shape index (κ1) is 19.9. The molecule has 0 aliphatic carbocycles. The standard InChI is InChI=1S/C19H19F3N2O4/c20-19(21,22)28-16-3-1-13(2-4-16)12-24-18(25)14-5-8-23-17(11-14)27-15-6-9-26-10-7-15/h1-5,8,11,15H,6-7,9-10,12H2,(H,24,25). The molecular formula is C19H19F3N2O4. The summed E-state index contributed by atoms with van der Waals surface area (Å²) in [6.07, 6.45) is -1.69. The predicted octanol–water partition coefficient (Wildman–Crippen LogP) is 3.47. The smallest absolute Gasteiger partial charge is 0.474 e. The van der Waals surface area contributed by atoms with Gasteiger partial charge in [-0.1, -0.05) is 12.1 Å². The summed E-state index contributed by atoms with van der Waals surface area (Å²) < 4.78 is 51.4. The van der Waals surface area contributed by atoms with E-state index in [9.17, 15) is 18.0 Å². The second kappa shape index (κ2) is 8.92. The van der Waals surface area contributed by atoms with Crippen molar-refractivity contribution in [2.24, 2.45) is 0 Å². The van der Waals surface area contributed by atoms with Gasteiger partial charge in [0.2, 0.25) is 5.88 Å². The average Bonchev–Trinajstić information content (AvgIpc) is 2.67. The van der Waals surface area contributed by atoms with E-state index in [-0.39, 0.29) is 24.3 Å². The van der Waals surface area contributed by atoms with E-state index >= 15 is 0 Å². The monoisotopic (exact) mass is 396 g/mol. The van der Waals surface area contributed by atoms with E-state index in [4.69, 9.17) is 9.47 Å². The topological polar surface area (TPSA) is 69.7 Å². The zero-order valence-electron chi connectivity index (χ0n) is 14.9. The Labute approximate surface area is 159 Å². The zero-order valence-corrected chi connectivity index (χ0v) is 14.9. The van der Waals surface area contributed by atoms with Crippen LogP contribution in [0, 0.1) is 0 Å². The van der Waals surface area contributed by atoms with E-state index in [1.807, 2.05) is 0 Å². The lowest BCUT2D eigenvalue weighted by Gasteiger charge is -2.22. The van der Waals surface area contributed by atoms with Crippen molar-refractivity contribution < 1.29 is 32.2 Å². The summed E-state index contributed by atoms with van der Waals surface area (Å²) in [6.45, 7) is 1.43. The minimum absolute atomic E-state index is 0.0111. The summed E-state index contributed by atoms with van der Waals surface area (Å²) in [5, 5.41) is 2.71. The third-order valence-electron chi connectivity index (χ3n) is 4.06. The molecule has 28 heavy (non-hydrogen) atoms. The fourth-order valence-electron chi connectivity index (χ4n) is 2.67. The Morgan fingerprint density at radius 3 is 2.57 bits per heavy atom. The zero-order chi connectivity index (χ0) is 20.0. The normalized spacial score (nSPS) is 15.1. The molecule has 1 fully saturated rings. The molecule has 1 amide bonds. The molecule has 3 rings (SSSR count). The van der Waals surface area contributed by atoms with Gasteiger partial charge in [-0.25, -0.2) is 4.98 Å². The molecule has 0 saturated carbocycles. The second-order valence-corrected chi connectivity index (χ2v) is 6.19. The molecule has 1 aliphatic rings. The van der Waals surface area contributed by atoms with Crippen LogP contribution in [-0.2, 0) is 11.3 Å². The number of ether oxygens (including phenoxy) is 3. The van der Waals surface area contributed by atoms with Gasteiger partial charge >= 0.3 is 6.36 Å². The third kappa shape index (κ3) is 6.12. The van der Waals surface area contributed by atoms with Crippen LogP contribution in [-0.4, -0.2) is 36.6 Å². The van der Waals surface area contributed by atoms with Crippen LogP contribution in [0.25, 0.3) is 0 Å². The highest BCUT2D eigenvalue weighted by atomic mass is 19.4. The number of nitrogens with zero attached hydrogens (tertiary/aromatic N) is 1. The lowest BCUT2D eigenvalue weighted by atomic mass is 10.1. The molecule has 150 valence electrons. The van der Waals surface area contributed by atoms with Gasteiger partial charge in [0, 0.05) is 37.2 Å². The summed E-state index contributed by atoms with van der Waals surface area (Å²) in [5.74, 6) is -0.283. The van der Waals surface area contributed by atoms with Crippen molar-refractivity contribution >= 4 is 5.91 Å². The Kier molecular flexibility index (Phi) is 6.35. The molecule has 1 N–H and O–H groups in total. The molecule has 2 aromatic rings. The van der Waals surface area contributed by atoms with Crippen LogP contribution in [0.5, 0.6) is 11.6 Å². The minimum atomic E-state index is -4.73. The van der Waals surface area contributed by atoms with Crippen molar-refractivity contribution in [2.45, 2.75) is 31.9 Å². The van der Waals surface area contributed by atoms with E-state index in [1.165, 1.54) is 30.5 Å². The number of carbonyl (C=O) groups excluding carboxylic acids is 1. The van der Waals surface area contributed by atoms with Crippen LogP contribution in [0.4, 0.5) is 13.2 Å². The molecule has 1 aromatic carbocycles. The van der Waals surface area contributed by atoms with Gasteiger partial charge in [-0.05, 0) is 23.8 Å². The molecule has 0 spiro atoms. The molecule has 1 saturated heterocycles. The number of pyridine rings is 1. The van der Waals surface area contributed by atoms with Crippen molar-refractivity contribution in [2.75, 3.05) is 13.2 Å². The fourth-order valence-corrected chi connectivity index (χ4v) is 2.67. The van der Waals surface area contributed by atoms with Crippen LogP contribution in [0.3, 0.4) is 0 Å². The summed E-state index contributed by atoms with van der Waals surface area (Å²) in [4.78, 5) is 16.5. The van der Waals surface area contributed by atoms with Gasteiger partial charge in [-0.15, -0.1) is 13.2 Å². The van der Waals surface area contributed by atoms with Gasteiger partial charge in [0.1, 0.15) is 11.9 Å².